The molecule has 3 N–H and O–H groups in total. The third-order valence-electron chi connectivity index (χ3n) is 1.14. The maximum Gasteiger partial charge on any atom is 0.516 e. The number of ether oxygens (including phenoxy) is 1. The van der Waals surface area contributed by atoms with Gasteiger partial charge in [0.2, 0.25) is 0 Å². The van der Waals surface area contributed by atoms with E-state index in [0.717, 1.165) is 0 Å². The molecule has 1 amide bonds. The lowest BCUT2D eigenvalue weighted by Crippen LogP contribution is -2.41. The zero-order chi connectivity index (χ0) is 13.0. The van der Waals surface area contributed by atoms with Crippen LogP contribution in [-0.2, 0) is 14.8 Å². The first-order chi connectivity index (χ1) is 7.10. The summed E-state index contributed by atoms with van der Waals surface area (Å²) in [5, 5.41) is 16.9. The first-order valence-corrected chi connectivity index (χ1v) is 5.13. The van der Waals surface area contributed by atoms with Crippen molar-refractivity contribution in [1.29, 1.82) is 0 Å². The van der Waals surface area contributed by atoms with E-state index >= 15 is 0 Å². The van der Waals surface area contributed by atoms with E-state index in [2.05, 4.69) is 4.74 Å². The van der Waals surface area contributed by atoms with Gasteiger partial charge in [0.05, 0.1) is 6.61 Å². The molecule has 0 spiro atoms. The van der Waals surface area contributed by atoms with Gasteiger partial charge in [-0.3, -0.25) is 0 Å². The van der Waals surface area contributed by atoms with Crippen molar-refractivity contribution in [2.24, 2.45) is 0 Å². The first kappa shape index (κ1) is 14.9. The molecule has 1 unspecified atom stereocenters. The molecule has 0 aliphatic rings. The average Bonchev–Trinajstić information content (AvgIpc) is 2.11. The maximum absolute atomic E-state index is 11.7. The van der Waals surface area contributed by atoms with Crippen molar-refractivity contribution in [3.05, 3.63) is 0 Å². The van der Waals surface area contributed by atoms with Gasteiger partial charge in [-0.25, -0.2) is 9.52 Å². The Kier molecular flexibility index (Phi) is 4.96. The smallest absolute Gasteiger partial charge is 0.446 e. The van der Waals surface area contributed by atoms with Crippen LogP contribution in [-0.4, -0.2) is 49.6 Å². The molecule has 0 saturated carbocycles. The number of nitrogens with one attached hydrogen (secondary N) is 1. The van der Waals surface area contributed by atoms with Crippen LogP contribution in [0.3, 0.4) is 0 Å². The molecule has 0 heterocycles. The number of aliphatic hydroxyl groups excluding tert-OH is 2. The number of rotatable bonds is 4. The molecule has 0 radical (unpaired) electrons. The number of halogens is 3. The predicted molar refractivity (Wildman–Crippen MR) is 42.6 cm³/mol. The molecular weight excluding hydrogens is 259 g/mol. The molecule has 7 nitrogen and oxygen atoms in total. The molecule has 16 heavy (non-hydrogen) atoms. The topological polar surface area (TPSA) is 113 Å². The van der Waals surface area contributed by atoms with Crippen molar-refractivity contribution in [1.82, 2.24) is 4.72 Å². The first-order valence-electron chi connectivity index (χ1n) is 3.65. The van der Waals surface area contributed by atoms with E-state index in [4.69, 9.17) is 10.2 Å². The molecule has 0 aromatic rings. The van der Waals surface area contributed by atoms with Crippen LogP contribution in [0.1, 0.15) is 0 Å². The summed E-state index contributed by atoms with van der Waals surface area (Å²) in [6.07, 6.45) is -3.40. The lowest BCUT2D eigenvalue weighted by atomic mass is 10.4. The van der Waals surface area contributed by atoms with Crippen molar-refractivity contribution in [2.75, 3.05) is 13.2 Å². The normalized spacial score (nSPS) is 14.3. The fourth-order valence-electron chi connectivity index (χ4n) is 0.422. The van der Waals surface area contributed by atoms with Crippen LogP contribution in [0.2, 0.25) is 0 Å². The molecule has 0 saturated heterocycles. The average molecular weight is 267 g/mol. The number of hydrogen-bond donors (Lipinski definition) is 3. The SMILES string of the molecule is O=C(NS(=O)(=O)C(F)(F)F)OCC(O)CO. The van der Waals surface area contributed by atoms with Gasteiger partial charge in [-0.2, -0.15) is 21.6 Å². The van der Waals surface area contributed by atoms with Gasteiger partial charge in [-0.1, -0.05) is 0 Å². The van der Waals surface area contributed by atoms with Crippen LogP contribution in [0.4, 0.5) is 18.0 Å². The quantitative estimate of drug-likeness (QED) is 0.597. The Morgan fingerprint density at radius 2 is 1.94 bits per heavy atom. The molecule has 0 aliphatic heterocycles. The van der Waals surface area contributed by atoms with Gasteiger partial charge in [0.1, 0.15) is 12.7 Å². The third-order valence-corrected chi connectivity index (χ3v) is 2.18. The molecule has 0 rings (SSSR count). The number of amides is 1. The van der Waals surface area contributed by atoms with Gasteiger partial charge in [0.25, 0.3) is 0 Å². The standard InChI is InChI=1S/C5H8F3NO6S/c6-5(7,8)16(13,14)9-4(12)15-2-3(11)1-10/h3,10-11H,1-2H2,(H,9,12). The molecule has 0 aromatic carbocycles. The number of sulfonamides is 1. The second kappa shape index (κ2) is 5.32. The Balaban J connectivity index is 4.27. The van der Waals surface area contributed by atoms with Crippen LogP contribution in [0.25, 0.3) is 0 Å². The second-order valence-electron chi connectivity index (χ2n) is 2.49. The molecule has 0 aliphatic carbocycles. The van der Waals surface area contributed by atoms with Crippen molar-refractivity contribution in [2.45, 2.75) is 11.6 Å². The van der Waals surface area contributed by atoms with E-state index in [0.29, 0.717) is 4.72 Å². The van der Waals surface area contributed by atoms with E-state index in [1.165, 1.54) is 0 Å². The van der Waals surface area contributed by atoms with Crippen LogP contribution in [0.5, 0.6) is 0 Å². The number of carbonyl (C=O) groups excluding carboxylic acids is 1. The van der Waals surface area contributed by atoms with Gasteiger partial charge >= 0.3 is 21.6 Å². The van der Waals surface area contributed by atoms with Crippen molar-refractivity contribution >= 4 is 16.1 Å². The minimum absolute atomic E-state index is 0.569. The molecule has 0 fully saturated rings. The number of carbonyl (C=O) groups is 1. The van der Waals surface area contributed by atoms with Crippen LogP contribution in [0, 0.1) is 0 Å². The fraction of sp³-hybridized carbons (Fsp3) is 0.800. The zero-order valence-corrected chi connectivity index (χ0v) is 8.38. The summed E-state index contributed by atoms with van der Waals surface area (Å²) in [5.41, 5.74) is -5.64. The monoisotopic (exact) mass is 267 g/mol. The number of hydrogen-bond acceptors (Lipinski definition) is 6. The summed E-state index contributed by atoms with van der Waals surface area (Å²) >= 11 is 0. The minimum Gasteiger partial charge on any atom is -0.446 e. The van der Waals surface area contributed by atoms with Crippen molar-refractivity contribution in [3.8, 4) is 0 Å². The predicted octanol–water partition coefficient (Wildman–Crippen LogP) is -1.08. The Labute approximate surface area is 87.9 Å². The molecule has 1 atom stereocenters. The van der Waals surface area contributed by atoms with Crippen LogP contribution in [0.15, 0.2) is 0 Å². The van der Waals surface area contributed by atoms with Gasteiger partial charge in [-0.05, 0) is 0 Å². The molecule has 0 bridgehead atoms. The van der Waals surface area contributed by atoms with E-state index in [1.54, 1.807) is 0 Å². The number of aliphatic hydroxyl groups is 2. The third kappa shape index (κ3) is 4.63. The zero-order valence-electron chi connectivity index (χ0n) is 7.56. The minimum atomic E-state index is -5.82. The highest BCUT2D eigenvalue weighted by atomic mass is 32.2. The second-order valence-corrected chi connectivity index (χ2v) is 4.16. The Morgan fingerprint density at radius 3 is 2.31 bits per heavy atom. The summed E-state index contributed by atoms with van der Waals surface area (Å²) in [6, 6.07) is 0. The summed E-state index contributed by atoms with van der Waals surface area (Å²) in [7, 11) is -5.82. The van der Waals surface area contributed by atoms with Crippen LogP contribution >= 0.6 is 0 Å². The van der Waals surface area contributed by atoms with Crippen LogP contribution < -0.4 is 4.72 Å². The van der Waals surface area contributed by atoms with Gasteiger partial charge < -0.3 is 14.9 Å². The summed E-state index contributed by atoms with van der Waals surface area (Å²) in [4.78, 5) is 10.5. The van der Waals surface area contributed by atoms with Gasteiger partial charge in [-0.15, -0.1) is 0 Å². The lowest BCUT2D eigenvalue weighted by Gasteiger charge is -2.11. The number of alkyl halides is 3. The van der Waals surface area contributed by atoms with E-state index in [9.17, 15) is 26.4 Å². The van der Waals surface area contributed by atoms with E-state index < -0.39 is 40.9 Å². The largest absolute Gasteiger partial charge is 0.516 e. The lowest BCUT2D eigenvalue weighted by molar-refractivity contribution is -0.0449. The van der Waals surface area contributed by atoms with Gasteiger partial charge in [0, 0.05) is 0 Å². The molecule has 0 aromatic heterocycles. The Morgan fingerprint density at radius 1 is 1.44 bits per heavy atom. The van der Waals surface area contributed by atoms with Crippen molar-refractivity contribution < 1.29 is 41.3 Å². The summed E-state index contributed by atoms with van der Waals surface area (Å²) in [5.74, 6) is 0. The Hall–Kier alpha value is -1.07. The van der Waals surface area contributed by atoms with Crippen molar-refractivity contribution in [3.63, 3.8) is 0 Å². The fourth-order valence-corrected chi connectivity index (χ4v) is 0.816. The highest BCUT2D eigenvalue weighted by Crippen LogP contribution is 2.21. The highest BCUT2D eigenvalue weighted by Gasteiger charge is 2.47. The Bertz CT molecular complexity index is 339. The van der Waals surface area contributed by atoms with E-state index in [-0.39, 0.29) is 0 Å². The molecule has 11 heteroatoms. The summed E-state index contributed by atoms with van der Waals surface area (Å²) < 4.78 is 60.2. The highest BCUT2D eigenvalue weighted by molar-refractivity contribution is 7.90. The molecule has 96 valence electrons. The van der Waals surface area contributed by atoms with E-state index in [1.807, 2.05) is 0 Å². The summed E-state index contributed by atoms with van der Waals surface area (Å²) in [6.45, 7) is -1.63. The molecular formula is C5H8F3NO6S. The maximum atomic E-state index is 11.7. The van der Waals surface area contributed by atoms with Gasteiger partial charge in [0.15, 0.2) is 0 Å².